The van der Waals surface area contributed by atoms with Gasteiger partial charge in [0, 0.05) is 0 Å². The van der Waals surface area contributed by atoms with Crippen molar-refractivity contribution >= 4 is 0 Å². The van der Waals surface area contributed by atoms with E-state index in [1.165, 1.54) is 0 Å². The molecule has 0 fully saturated rings. The Hall–Kier alpha value is -0.200. The Kier molecular flexibility index (Phi) is 7.10. The van der Waals surface area contributed by atoms with Gasteiger partial charge in [0.05, 0.1) is 30.9 Å². The predicted molar refractivity (Wildman–Crippen MR) is 64.1 cm³/mol. The number of nitrogens with two attached hydrogens (primary N) is 1. The van der Waals surface area contributed by atoms with Gasteiger partial charge in [-0.05, 0) is 19.5 Å². The van der Waals surface area contributed by atoms with Gasteiger partial charge in [0.2, 0.25) is 0 Å². The van der Waals surface area contributed by atoms with Crippen molar-refractivity contribution in [1.82, 2.24) is 4.90 Å². The molecule has 3 atom stereocenters. The highest BCUT2D eigenvalue weighted by Gasteiger charge is 2.38. The number of rotatable bonds is 8. The minimum Gasteiger partial charge on any atom is -0.395 e. The average Bonchev–Trinajstić information content (AvgIpc) is 2.33. The molecule has 0 aromatic rings. The smallest absolute Gasteiger partial charge is 0.0919 e. The Labute approximate surface area is 97.9 Å². The van der Waals surface area contributed by atoms with Gasteiger partial charge in [-0.25, -0.2) is 0 Å². The third-order valence-corrected chi connectivity index (χ3v) is 3.37. The van der Waals surface area contributed by atoms with Crippen LogP contribution in [0, 0.1) is 0 Å². The van der Waals surface area contributed by atoms with E-state index < -0.39 is 17.7 Å². The zero-order valence-electron chi connectivity index (χ0n) is 10.6. The Morgan fingerprint density at radius 3 is 1.94 bits per heavy atom. The number of hydrogen-bond donors (Lipinski definition) is 4. The highest BCUT2D eigenvalue weighted by atomic mass is 16.3. The van der Waals surface area contributed by atoms with E-state index in [2.05, 4.69) is 0 Å². The van der Waals surface area contributed by atoms with Crippen LogP contribution in [0.4, 0.5) is 0 Å². The van der Waals surface area contributed by atoms with Gasteiger partial charge >= 0.3 is 0 Å². The molecular formula is C11H26N2O3. The standard InChI is InChI=1S/C11H26N2O3/c1-4-11(12,8-15)10(16)9(7-14)13(5-2)6-3/h9-10,14-16H,4-8,12H2,1-3H3. The van der Waals surface area contributed by atoms with Crippen molar-refractivity contribution in [2.75, 3.05) is 26.3 Å². The molecule has 5 heteroatoms. The summed E-state index contributed by atoms with van der Waals surface area (Å²) in [5.41, 5.74) is 4.88. The Bertz CT molecular complexity index is 182. The molecule has 0 aliphatic heterocycles. The van der Waals surface area contributed by atoms with Crippen LogP contribution in [0.1, 0.15) is 27.2 Å². The van der Waals surface area contributed by atoms with Crippen LogP contribution in [0.25, 0.3) is 0 Å². The van der Waals surface area contributed by atoms with Crippen LogP contribution < -0.4 is 5.73 Å². The fourth-order valence-corrected chi connectivity index (χ4v) is 1.91. The van der Waals surface area contributed by atoms with Crippen LogP contribution in [-0.2, 0) is 0 Å². The summed E-state index contributed by atoms with van der Waals surface area (Å²) in [6.45, 7) is 6.73. The molecule has 0 spiro atoms. The number of likely N-dealkylation sites (N-methyl/N-ethyl adjacent to an activating group) is 1. The third-order valence-electron chi connectivity index (χ3n) is 3.37. The summed E-state index contributed by atoms with van der Waals surface area (Å²) in [6, 6.07) is -0.424. The zero-order chi connectivity index (χ0) is 12.8. The summed E-state index contributed by atoms with van der Waals surface area (Å²) in [4.78, 5) is 1.94. The number of nitrogens with zero attached hydrogens (tertiary/aromatic N) is 1. The van der Waals surface area contributed by atoms with Crippen LogP contribution in [0.3, 0.4) is 0 Å². The molecule has 0 aliphatic rings. The van der Waals surface area contributed by atoms with Gasteiger partial charge in [0.1, 0.15) is 0 Å². The van der Waals surface area contributed by atoms with E-state index in [0.29, 0.717) is 6.42 Å². The van der Waals surface area contributed by atoms with Crippen molar-refractivity contribution in [2.24, 2.45) is 5.73 Å². The quantitative estimate of drug-likeness (QED) is 0.439. The summed E-state index contributed by atoms with van der Waals surface area (Å²) in [5.74, 6) is 0. The lowest BCUT2D eigenvalue weighted by Gasteiger charge is -2.40. The molecule has 98 valence electrons. The van der Waals surface area contributed by atoms with Crippen LogP contribution in [0.2, 0.25) is 0 Å². The Morgan fingerprint density at radius 1 is 1.19 bits per heavy atom. The number of hydrogen-bond acceptors (Lipinski definition) is 5. The molecule has 0 aromatic carbocycles. The van der Waals surface area contributed by atoms with Gasteiger partial charge in [0.15, 0.2) is 0 Å². The Balaban J connectivity index is 4.80. The third kappa shape index (κ3) is 3.40. The molecule has 0 aliphatic carbocycles. The first-order chi connectivity index (χ1) is 7.50. The molecule has 0 saturated carbocycles. The highest BCUT2D eigenvalue weighted by molar-refractivity contribution is 4.96. The molecule has 5 N–H and O–H groups in total. The van der Waals surface area contributed by atoms with Gasteiger partial charge in [0.25, 0.3) is 0 Å². The first kappa shape index (κ1) is 15.8. The molecule has 0 heterocycles. The topological polar surface area (TPSA) is 90.0 Å². The van der Waals surface area contributed by atoms with Gasteiger partial charge in [-0.15, -0.1) is 0 Å². The monoisotopic (exact) mass is 234 g/mol. The minimum atomic E-state index is -1.05. The normalized spacial score (nSPS) is 19.5. The van der Waals surface area contributed by atoms with Crippen molar-refractivity contribution in [3.63, 3.8) is 0 Å². The van der Waals surface area contributed by atoms with E-state index in [9.17, 15) is 15.3 Å². The molecule has 0 saturated heterocycles. The molecule has 0 amide bonds. The van der Waals surface area contributed by atoms with E-state index in [1.54, 1.807) is 0 Å². The molecule has 5 nitrogen and oxygen atoms in total. The largest absolute Gasteiger partial charge is 0.395 e. The van der Waals surface area contributed by atoms with E-state index >= 15 is 0 Å². The maximum Gasteiger partial charge on any atom is 0.0919 e. The SMILES string of the molecule is CCN(CC)C(CO)C(O)C(N)(CC)CO. The van der Waals surface area contributed by atoms with E-state index in [-0.39, 0.29) is 13.2 Å². The summed E-state index contributed by atoms with van der Waals surface area (Å²) < 4.78 is 0. The lowest BCUT2D eigenvalue weighted by Crippen LogP contribution is -2.62. The first-order valence-corrected chi connectivity index (χ1v) is 5.93. The fourth-order valence-electron chi connectivity index (χ4n) is 1.91. The summed E-state index contributed by atoms with van der Waals surface area (Å²) in [5, 5.41) is 28.8. The highest BCUT2D eigenvalue weighted by Crippen LogP contribution is 2.18. The minimum absolute atomic E-state index is 0.165. The zero-order valence-corrected chi connectivity index (χ0v) is 10.6. The summed E-state index contributed by atoms with van der Waals surface area (Å²) in [6.07, 6.45) is -0.477. The van der Waals surface area contributed by atoms with Gasteiger partial charge in [-0.3, -0.25) is 4.90 Å². The van der Waals surface area contributed by atoms with Crippen molar-refractivity contribution in [3.8, 4) is 0 Å². The van der Waals surface area contributed by atoms with Crippen molar-refractivity contribution in [1.29, 1.82) is 0 Å². The van der Waals surface area contributed by atoms with Crippen LogP contribution >= 0.6 is 0 Å². The van der Waals surface area contributed by atoms with Crippen molar-refractivity contribution in [2.45, 2.75) is 44.9 Å². The van der Waals surface area contributed by atoms with Gasteiger partial charge in [-0.2, -0.15) is 0 Å². The second kappa shape index (κ2) is 7.19. The second-order valence-electron chi connectivity index (χ2n) is 4.16. The van der Waals surface area contributed by atoms with Crippen LogP contribution in [0.15, 0.2) is 0 Å². The van der Waals surface area contributed by atoms with Crippen LogP contribution in [0.5, 0.6) is 0 Å². The molecular weight excluding hydrogens is 208 g/mol. The molecule has 16 heavy (non-hydrogen) atoms. The molecule has 0 radical (unpaired) electrons. The van der Waals surface area contributed by atoms with Crippen molar-refractivity contribution in [3.05, 3.63) is 0 Å². The number of aliphatic hydroxyl groups excluding tert-OH is 3. The molecule has 0 aromatic heterocycles. The summed E-state index contributed by atoms with van der Waals surface area (Å²) in [7, 11) is 0. The van der Waals surface area contributed by atoms with Crippen LogP contribution in [-0.4, -0.2) is 64.2 Å². The maximum atomic E-state index is 10.2. The van der Waals surface area contributed by atoms with Crippen molar-refractivity contribution < 1.29 is 15.3 Å². The van der Waals surface area contributed by atoms with Gasteiger partial charge < -0.3 is 21.1 Å². The first-order valence-electron chi connectivity index (χ1n) is 5.93. The fraction of sp³-hybridized carbons (Fsp3) is 1.00. The average molecular weight is 234 g/mol. The van der Waals surface area contributed by atoms with E-state index in [4.69, 9.17) is 5.73 Å². The summed E-state index contributed by atoms with van der Waals surface area (Å²) >= 11 is 0. The lowest BCUT2D eigenvalue weighted by molar-refractivity contribution is -0.0408. The molecule has 0 bridgehead atoms. The Morgan fingerprint density at radius 2 is 1.69 bits per heavy atom. The predicted octanol–water partition coefficient (Wildman–Crippen LogP) is -0.850. The van der Waals surface area contributed by atoms with E-state index in [0.717, 1.165) is 13.1 Å². The second-order valence-corrected chi connectivity index (χ2v) is 4.16. The van der Waals surface area contributed by atoms with Gasteiger partial charge in [-0.1, -0.05) is 20.8 Å². The maximum absolute atomic E-state index is 10.2. The number of aliphatic hydroxyl groups is 3. The lowest BCUT2D eigenvalue weighted by atomic mass is 9.86. The van der Waals surface area contributed by atoms with E-state index in [1.807, 2.05) is 25.7 Å². The molecule has 3 unspecified atom stereocenters. The molecule has 0 rings (SSSR count).